The van der Waals surface area contributed by atoms with Crippen LogP contribution in [0.1, 0.15) is 11.5 Å². The summed E-state index contributed by atoms with van der Waals surface area (Å²) >= 11 is 0. The van der Waals surface area contributed by atoms with Gasteiger partial charge in [-0.15, -0.1) is 0 Å². The van der Waals surface area contributed by atoms with E-state index in [9.17, 15) is 4.79 Å². The van der Waals surface area contributed by atoms with Gasteiger partial charge in [0.05, 0.1) is 6.54 Å². The van der Waals surface area contributed by atoms with Crippen molar-refractivity contribution >= 4 is 12.2 Å². The van der Waals surface area contributed by atoms with E-state index in [4.69, 9.17) is 9.52 Å². The second-order valence-corrected chi connectivity index (χ2v) is 2.39. The molecule has 1 aromatic heterocycles. The van der Waals surface area contributed by atoms with Crippen molar-refractivity contribution in [2.45, 2.75) is 6.54 Å². The van der Waals surface area contributed by atoms with Gasteiger partial charge in [-0.25, -0.2) is 9.78 Å². The summed E-state index contributed by atoms with van der Waals surface area (Å²) in [7, 11) is 0. The highest BCUT2D eigenvalue weighted by molar-refractivity contribution is 5.69. The molecule has 0 radical (unpaired) electrons. The second-order valence-electron chi connectivity index (χ2n) is 2.39. The van der Waals surface area contributed by atoms with Crippen LogP contribution in [-0.4, -0.2) is 21.1 Å². The van der Waals surface area contributed by atoms with Crippen molar-refractivity contribution in [3.63, 3.8) is 0 Å². The Morgan fingerprint density at radius 1 is 1.75 bits per heavy atom. The van der Waals surface area contributed by atoms with Gasteiger partial charge in [0.1, 0.15) is 5.69 Å². The molecule has 5 heteroatoms. The van der Waals surface area contributed by atoms with Crippen molar-refractivity contribution in [3.05, 3.63) is 24.0 Å². The smallest absolute Gasteiger partial charge is 0.411 e. The highest BCUT2D eigenvalue weighted by Gasteiger charge is 2.18. The van der Waals surface area contributed by atoms with Crippen molar-refractivity contribution in [2.75, 3.05) is 0 Å². The Balaban J connectivity index is 2.30. The van der Waals surface area contributed by atoms with E-state index >= 15 is 0 Å². The van der Waals surface area contributed by atoms with Crippen molar-refractivity contribution in [1.82, 2.24) is 9.88 Å². The number of rotatable bonds is 0. The van der Waals surface area contributed by atoms with Crippen molar-refractivity contribution < 1.29 is 14.3 Å². The summed E-state index contributed by atoms with van der Waals surface area (Å²) in [6, 6.07) is 0. The molecule has 0 atom stereocenters. The molecule has 62 valence electrons. The minimum Gasteiger partial charge on any atom is -0.465 e. The second kappa shape index (κ2) is 2.37. The largest absolute Gasteiger partial charge is 0.465 e. The van der Waals surface area contributed by atoms with Gasteiger partial charge < -0.3 is 9.52 Å². The maximum atomic E-state index is 10.5. The summed E-state index contributed by atoms with van der Waals surface area (Å²) in [5.41, 5.74) is 0.701. The SMILES string of the molecule is O=C(O)N1C=Cc2ncoc2C1. The zero-order valence-electron chi connectivity index (χ0n) is 6.10. The number of carboxylic acid groups (broad SMARTS) is 1. The molecule has 1 aliphatic heterocycles. The Bertz CT molecular complexity index is 342. The molecular formula is C7H6N2O3. The van der Waals surface area contributed by atoms with Gasteiger partial charge in [-0.3, -0.25) is 4.90 Å². The summed E-state index contributed by atoms with van der Waals surface area (Å²) in [6.45, 7) is 0.237. The van der Waals surface area contributed by atoms with Crippen LogP contribution in [-0.2, 0) is 6.54 Å². The summed E-state index contributed by atoms with van der Waals surface area (Å²) in [5.74, 6) is 0.583. The first-order valence-electron chi connectivity index (χ1n) is 3.37. The predicted molar refractivity (Wildman–Crippen MR) is 39.1 cm³/mol. The summed E-state index contributed by atoms with van der Waals surface area (Å²) in [6.07, 6.45) is 3.39. The lowest BCUT2D eigenvalue weighted by Crippen LogP contribution is -2.24. The molecule has 0 unspecified atom stereocenters. The topological polar surface area (TPSA) is 66.6 Å². The summed E-state index contributed by atoms with van der Waals surface area (Å²) < 4.78 is 4.97. The average molecular weight is 166 g/mol. The maximum Gasteiger partial charge on any atom is 0.411 e. The van der Waals surface area contributed by atoms with Crippen LogP contribution >= 0.6 is 0 Å². The Hall–Kier alpha value is -1.78. The summed E-state index contributed by atoms with van der Waals surface area (Å²) in [5, 5.41) is 8.61. The molecule has 1 N–H and O–H groups in total. The van der Waals surface area contributed by atoms with E-state index in [1.54, 1.807) is 6.08 Å². The zero-order valence-corrected chi connectivity index (χ0v) is 6.10. The Morgan fingerprint density at radius 2 is 2.58 bits per heavy atom. The van der Waals surface area contributed by atoms with Gasteiger partial charge in [-0.1, -0.05) is 0 Å². The van der Waals surface area contributed by atoms with E-state index in [0.717, 1.165) is 4.90 Å². The fraction of sp³-hybridized carbons (Fsp3) is 0.143. The molecule has 1 amide bonds. The van der Waals surface area contributed by atoms with E-state index in [1.807, 2.05) is 0 Å². The minimum absolute atomic E-state index is 0.237. The van der Waals surface area contributed by atoms with E-state index in [0.29, 0.717) is 11.5 Å². The van der Waals surface area contributed by atoms with Gasteiger partial charge in [-0.2, -0.15) is 0 Å². The van der Waals surface area contributed by atoms with Gasteiger partial charge >= 0.3 is 6.09 Å². The Morgan fingerprint density at radius 3 is 3.33 bits per heavy atom. The monoisotopic (exact) mass is 166 g/mol. The third kappa shape index (κ3) is 0.952. The van der Waals surface area contributed by atoms with Crippen LogP contribution in [0.2, 0.25) is 0 Å². The van der Waals surface area contributed by atoms with E-state index in [-0.39, 0.29) is 6.54 Å². The lowest BCUT2D eigenvalue weighted by Gasteiger charge is -2.15. The number of carbonyl (C=O) groups is 1. The first-order chi connectivity index (χ1) is 5.77. The third-order valence-electron chi connectivity index (χ3n) is 1.64. The quantitative estimate of drug-likeness (QED) is 0.627. The van der Waals surface area contributed by atoms with Crippen molar-refractivity contribution in [2.24, 2.45) is 0 Å². The maximum absolute atomic E-state index is 10.5. The molecule has 1 aliphatic rings. The highest BCUT2D eigenvalue weighted by atomic mass is 16.4. The number of fused-ring (bicyclic) bond motifs is 1. The molecule has 2 rings (SSSR count). The number of hydrogen-bond acceptors (Lipinski definition) is 3. The van der Waals surface area contributed by atoms with E-state index in [1.165, 1.54) is 12.6 Å². The zero-order chi connectivity index (χ0) is 8.55. The van der Waals surface area contributed by atoms with Crippen molar-refractivity contribution in [1.29, 1.82) is 0 Å². The fourth-order valence-corrected chi connectivity index (χ4v) is 1.03. The molecule has 5 nitrogen and oxygen atoms in total. The molecule has 12 heavy (non-hydrogen) atoms. The lowest BCUT2D eigenvalue weighted by molar-refractivity contribution is 0.158. The first-order valence-corrected chi connectivity index (χ1v) is 3.37. The molecule has 0 aliphatic carbocycles. The molecule has 2 heterocycles. The molecule has 0 fully saturated rings. The van der Waals surface area contributed by atoms with Crippen LogP contribution in [0.5, 0.6) is 0 Å². The molecular weight excluding hydrogens is 160 g/mol. The number of hydrogen-bond donors (Lipinski definition) is 1. The van der Waals surface area contributed by atoms with E-state index < -0.39 is 6.09 Å². The predicted octanol–water partition coefficient (Wildman–Crippen LogP) is 1.14. The Kier molecular flexibility index (Phi) is 1.36. The van der Waals surface area contributed by atoms with Crippen LogP contribution in [0.3, 0.4) is 0 Å². The molecule has 0 saturated heterocycles. The van der Waals surface area contributed by atoms with Crippen LogP contribution < -0.4 is 0 Å². The Labute approximate surface area is 67.9 Å². The van der Waals surface area contributed by atoms with Crippen molar-refractivity contribution in [3.8, 4) is 0 Å². The van der Waals surface area contributed by atoms with Gasteiger partial charge in [-0.05, 0) is 6.08 Å². The van der Waals surface area contributed by atoms with Crippen LogP contribution in [0.25, 0.3) is 6.08 Å². The minimum atomic E-state index is -0.992. The molecule has 0 aromatic carbocycles. The van der Waals surface area contributed by atoms with Crippen LogP contribution in [0.15, 0.2) is 17.0 Å². The highest BCUT2D eigenvalue weighted by Crippen LogP contribution is 2.17. The van der Waals surface area contributed by atoms with E-state index in [2.05, 4.69) is 4.98 Å². The van der Waals surface area contributed by atoms with Gasteiger partial charge in [0.2, 0.25) is 0 Å². The lowest BCUT2D eigenvalue weighted by atomic mass is 10.2. The van der Waals surface area contributed by atoms with Gasteiger partial charge in [0.15, 0.2) is 12.2 Å². The van der Waals surface area contributed by atoms with Crippen LogP contribution in [0, 0.1) is 0 Å². The van der Waals surface area contributed by atoms with Gasteiger partial charge in [0.25, 0.3) is 0 Å². The normalized spacial score (nSPS) is 14.5. The standard InChI is InChI=1S/C7H6N2O3/c10-7(11)9-2-1-5-6(3-9)12-4-8-5/h1-2,4H,3H2,(H,10,11). The average Bonchev–Trinajstić information content (AvgIpc) is 2.49. The number of amides is 1. The molecule has 0 saturated carbocycles. The molecule has 0 spiro atoms. The van der Waals surface area contributed by atoms with Gasteiger partial charge in [0, 0.05) is 6.20 Å². The number of aromatic nitrogens is 1. The molecule has 0 bridgehead atoms. The van der Waals surface area contributed by atoms with Crippen LogP contribution in [0.4, 0.5) is 4.79 Å². The molecule has 1 aromatic rings. The first kappa shape index (κ1) is 6.90. The number of oxazole rings is 1. The third-order valence-corrected chi connectivity index (χ3v) is 1.64. The fourth-order valence-electron chi connectivity index (χ4n) is 1.03. The summed E-state index contributed by atoms with van der Waals surface area (Å²) in [4.78, 5) is 15.5. The number of nitrogens with zero attached hydrogens (tertiary/aromatic N) is 2.